The second-order valence-electron chi connectivity index (χ2n) is 9.64. The Bertz CT molecular complexity index is 793. The number of esters is 1. The lowest BCUT2D eigenvalue weighted by Gasteiger charge is -2.58. The molecular weight excluding hydrogens is 356 g/mol. The van der Waals surface area contributed by atoms with Crippen molar-refractivity contribution in [3.8, 4) is 0 Å². The summed E-state index contributed by atoms with van der Waals surface area (Å²) in [5.41, 5.74) is 1.65. The molecule has 4 rings (SSSR count). The maximum absolute atomic E-state index is 12.8. The molecule has 6 atom stereocenters. The number of aliphatic hydroxyl groups excluding tert-OH is 1. The van der Waals surface area contributed by atoms with Crippen LogP contribution >= 0.6 is 0 Å². The van der Waals surface area contributed by atoms with Crippen molar-refractivity contribution in [2.45, 2.75) is 72.0 Å². The summed E-state index contributed by atoms with van der Waals surface area (Å²) in [5, 5.41) is 10.0. The highest BCUT2D eigenvalue weighted by Gasteiger charge is 2.57. The van der Waals surface area contributed by atoms with Crippen molar-refractivity contribution < 1.29 is 24.2 Å². The summed E-state index contributed by atoms with van der Waals surface area (Å²) in [7, 11) is 0. The molecule has 0 aromatic heterocycles. The summed E-state index contributed by atoms with van der Waals surface area (Å²) >= 11 is 0. The molecule has 4 aliphatic carbocycles. The number of rotatable bonds is 3. The maximum Gasteiger partial charge on any atom is 0.305 e. The van der Waals surface area contributed by atoms with Gasteiger partial charge in [-0.15, -0.1) is 0 Å². The van der Waals surface area contributed by atoms with E-state index in [-0.39, 0.29) is 5.41 Å². The molecule has 0 aromatic rings. The van der Waals surface area contributed by atoms with Crippen LogP contribution in [-0.4, -0.2) is 28.9 Å². The molecule has 0 aromatic carbocycles. The molecule has 0 heterocycles. The number of allylic oxidation sites excluding steroid dienone is 3. The van der Waals surface area contributed by atoms with E-state index in [4.69, 9.17) is 4.74 Å². The van der Waals surface area contributed by atoms with Crippen LogP contribution < -0.4 is 0 Å². The first-order valence-electron chi connectivity index (χ1n) is 10.5. The summed E-state index contributed by atoms with van der Waals surface area (Å²) in [6.07, 6.45) is 8.56. The smallest absolute Gasteiger partial charge is 0.305 e. The number of aliphatic hydroxyl groups is 1. The maximum atomic E-state index is 12.8. The number of hydrogen-bond acceptors (Lipinski definition) is 5. The number of Topliss-reactive ketones (excluding diaryl/α,β-unsaturated/α-hetero) is 2. The number of carbonyl (C=O) groups excluding carboxylic acids is 3. The highest BCUT2D eigenvalue weighted by Crippen LogP contribution is 2.64. The van der Waals surface area contributed by atoms with Crippen molar-refractivity contribution in [1.82, 2.24) is 0 Å². The quantitative estimate of drug-likeness (QED) is 0.593. The van der Waals surface area contributed by atoms with E-state index in [0.29, 0.717) is 35.5 Å². The molecule has 28 heavy (non-hydrogen) atoms. The summed E-state index contributed by atoms with van der Waals surface area (Å²) in [4.78, 5) is 35.9. The van der Waals surface area contributed by atoms with Crippen LogP contribution in [0.25, 0.3) is 0 Å². The first kappa shape index (κ1) is 19.6. The standard InChI is InChI=1S/C23H30O5/c1-13(24)28-21(27)20(26)19-7-6-17-16-5-4-14-12-15(25)8-10-22(14,2)18(16)9-11-23(17,19)3/h6-7,14,16,18,21,27H,4-5,8-12H2,1-3H3/t14?,16-,18-,21?,22-,23-/m0/s1. The van der Waals surface area contributed by atoms with Crippen LogP contribution in [0.4, 0.5) is 0 Å². The van der Waals surface area contributed by atoms with Crippen LogP contribution in [-0.2, 0) is 19.1 Å². The van der Waals surface area contributed by atoms with Crippen LogP contribution in [0.5, 0.6) is 0 Å². The van der Waals surface area contributed by atoms with Gasteiger partial charge in [0, 0.05) is 30.8 Å². The van der Waals surface area contributed by atoms with Gasteiger partial charge < -0.3 is 9.84 Å². The average molecular weight is 386 g/mol. The number of ether oxygens (including phenoxy) is 1. The predicted octanol–water partition coefficient (Wildman–Crippen LogP) is 3.51. The SMILES string of the molecule is CC(=O)OC(O)C(=O)C1=CC=C2[C@@H]3CCC4CC(=O)CC[C@]4(C)[C@H]3CC[C@]12C. The third kappa shape index (κ3) is 2.81. The van der Waals surface area contributed by atoms with Gasteiger partial charge in [0.05, 0.1) is 0 Å². The Morgan fingerprint density at radius 3 is 2.64 bits per heavy atom. The predicted molar refractivity (Wildman–Crippen MR) is 103 cm³/mol. The van der Waals surface area contributed by atoms with Crippen molar-refractivity contribution in [3.05, 3.63) is 23.3 Å². The fourth-order valence-corrected chi connectivity index (χ4v) is 6.74. The third-order valence-electron chi connectivity index (χ3n) is 8.29. The molecule has 3 saturated carbocycles. The van der Waals surface area contributed by atoms with Crippen molar-refractivity contribution in [1.29, 1.82) is 0 Å². The first-order chi connectivity index (χ1) is 13.2. The molecule has 0 aliphatic heterocycles. The molecule has 152 valence electrons. The Hall–Kier alpha value is -1.75. The molecule has 0 spiro atoms. The minimum Gasteiger partial charge on any atom is -0.428 e. The van der Waals surface area contributed by atoms with Crippen molar-refractivity contribution in [2.24, 2.45) is 28.6 Å². The van der Waals surface area contributed by atoms with Gasteiger partial charge in [-0.2, -0.15) is 0 Å². The molecule has 0 saturated heterocycles. The zero-order valence-corrected chi connectivity index (χ0v) is 17.0. The topological polar surface area (TPSA) is 80.7 Å². The van der Waals surface area contributed by atoms with E-state index in [2.05, 4.69) is 19.9 Å². The molecule has 2 unspecified atom stereocenters. The van der Waals surface area contributed by atoms with Gasteiger partial charge in [0.15, 0.2) is 0 Å². The molecule has 5 nitrogen and oxygen atoms in total. The van der Waals surface area contributed by atoms with Crippen molar-refractivity contribution in [3.63, 3.8) is 0 Å². The molecule has 4 aliphatic rings. The van der Waals surface area contributed by atoms with Crippen molar-refractivity contribution >= 4 is 17.5 Å². The Labute approximate surface area is 166 Å². The number of ketones is 2. The van der Waals surface area contributed by atoms with Crippen LogP contribution in [0, 0.1) is 28.6 Å². The van der Waals surface area contributed by atoms with Crippen molar-refractivity contribution in [2.75, 3.05) is 0 Å². The van der Waals surface area contributed by atoms with E-state index < -0.39 is 23.5 Å². The van der Waals surface area contributed by atoms with Gasteiger partial charge in [0.2, 0.25) is 5.78 Å². The Kier molecular flexibility index (Phi) is 4.65. The van der Waals surface area contributed by atoms with Crippen LogP contribution in [0.2, 0.25) is 0 Å². The van der Waals surface area contributed by atoms with E-state index in [1.807, 2.05) is 6.08 Å². The Balaban J connectivity index is 1.57. The van der Waals surface area contributed by atoms with Gasteiger partial charge in [0.25, 0.3) is 6.29 Å². The highest BCUT2D eigenvalue weighted by molar-refractivity contribution is 6.01. The largest absolute Gasteiger partial charge is 0.428 e. The minimum absolute atomic E-state index is 0.197. The Morgan fingerprint density at radius 1 is 1.18 bits per heavy atom. The monoisotopic (exact) mass is 386 g/mol. The minimum atomic E-state index is -1.73. The van der Waals surface area contributed by atoms with Crippen LogP contribution in [0.1, 0.15) is 65.7 Å². The lowest BCUT2D eigenvalue weighted by molar-refractivity contribution is -0.172. The first-order valence-corrected chi connectivity index (χ1v) is 10.5. The highest BCUT2D eigenvalue weighted by atomic mass is 16.6. The lowest BCUT2D eigenvalue weighted by atomic mass is 9.46. The second kappa shape index (κ2) is 6.65. The zero-order chi connectivity index (χ0) is 20.3. The van der Waals surface area contributed by atoms with Gasteiger partial charge >= 0.3 is 5.97 Å². The molecule has 3 fully saturated rings. The molecular formula is C23H30O5. The molecule has 0 amide bonds. The van der Waals surface area contributed by atoms with E-state index in [1.165, 1.54) is 12.5 Å². The zero-order valence-electron chi connectivity index (χ0n) is 17.0. The fraction of sp³-hybridized carbons (Fsp3) is 0.696. The fourth-order valence-electron chi connectivity index (χ4n) is 6.74. The van der Waals surface area contributed by atoms with E-state index in [0.717, 1.165) is 38.5 Å². The third-order valence-corrected chi connectivity index (χ3v) is 8.29. The normalized spacial score (nSPS) is 40.4. The van der Waals surface area contributed by atoms with Crippen LogP contribution in [0.15, 0.2) is 23.3 Å². The lowest BCUT2D eigenvalue weighted by Crippen LogP contribution is -2.51. The molecule has 0 radical (unpaired) electrons. The van der Waals surface area contributed by atoms with Gasteiger partial charge in [0.1, 0.15) is 5.78 Å². The van der Waals surface area contributed by atoms with E-state index in [9.17, 15) is 19.5 Å². The summed E-state index contributed by atoms with van der Waals surface area (Å²) in [6.45, 7) is 5.65. The molecule has 5 heteroatoms. The van der Waals surface area contributed by atoms with E-state index >= 15 is 0 Å². The molecule has 0 bridgehead atoms. The molecule has 1 N–H and O–H groups in total. The number of fused-ring (bicyclic) bond motifs is 5. The van der Waals surface area contributed by atoms with Gasteiger partial charge in [-0.05, 0) is 55.3 Å². The summed E-state index contributed by atoms with van der Waals surface area (Å²) in [6, 6.07) is 0. The number of carbonyl (C=O) groups is 3. The summed E-state index contributed by atoms with van der Waals surface area (Å²) < 4.78 is 4.72. The van der Waals surface area contributed by atoms with Gasteiger partial charge in [-0.1, -0.05) is 31.6 Å². The number of hydrogen-bond donors (Lipinski definition) is 1. The van der Waals surface area contributed by atoms with Gasteiger partial charge in [-0.25, -0.2) is 0 Å². The average Bonchev–Trinajstić information content (AvgIpc) is 2.98. The Morgan fingerprint density at radius 2 is 1.93 bits per heavy atom. The second-order valence-corrected chi connectivity index (χ2v) is 9.64. The summed E-state index contributed by atoms with van der Waals surface area (Å²) in [5.74, 6) is 0.683. The van der Waals surface area contributed by atoms with E-state index in [1.54, 1.807) is 0 Å². The van der Waals surface area contributed by atoms with Crippen LogP contribution in [0.3, 0.4) is 0 Å². The van der Waals surface area contributed by atoms with Gasteiger partial charge in [-0.3, -0.25) is 14.4 Å².